The van der Waals surface area contributed by atoms with Crippen LogP contribution in [0, 0.1) is 17.7 Å². The number of carbonyl (C=O) groups is 2. The molecule has 0 bridgehead atoms. The van der Waals surface area contributed by atoms with Gasteiger partial charge in [0.05, 0.1) is 11.5 Å². The normalized spacial score (nSPS) is 21.8. The van der Waals surface area contributed by atoms with E-state index in [-0.39, 0.29) is 23.7 Å². The van der Waals surface area contributed by atoms with Crippen molar-refractivity contribution in [1.82, 2.24) is 5.32 Å². The highest BCUT2D eigenvalue weighted by Crippen LogP contribution is 2.29. The summed E-state index contributed by atoms with van der Waals surface area (Å²) in [6.45, 7) is 0.270. The molecule has 6 heteroatoms. The number of carboxylic acid groups (broad SMARTS) is 1. The number of halogens is 1. The van der Waals surface area contributed by atoms with Crippen LogP contribution in [0.4, 0.5) is 10.1 Å². The minimum absolute atomic E-state index is 0.0812. The van der Waals surface area contributed by atoms with Crippen molar-refractivity contribution in [2.75, 3.05) is 12.3 Å². The molecular weight excluding hydrogens is 275 g/mol. The van der Waals surface area contributed by atoms with Crippen molar-refractivity contribution in [3.8, 4) is 0 Å². The van der Waals surface area contributed by atoms with Crippen LogP contribution in [-0.4, -0.2) is 23.5 Å². The molecule has 1 aliphatic carbocycles. The zero-order valence-corrected chi connectivity index (χ0v) is 11.6. The molecule has 2 unspecified atom stereocenters. The second-order valence-electron chi connectivity index (χ2n) is 5.43. The highest BCUT2D eigenvalue weighted by molar-refractivity contribution is 5.99. The molecule has 1 aromatic rings. The number of nitrogens with two attached hydrogens (primary N) is 1. The third kappa shape index (κ3) is 3.71. The van der Waals surface area contributed by atoms with Gasteiger partial charge in [0.25, 0.3) is 5.91 Å². The van der Waals surface area contributed by atoms with Crippen LogP contribution in [0.25, 0.3) is 0 Å². The minimum atomic E-state index is -0.820. The smallest absolute Gasteiger partial charge is 0.306 e. The fourth-order valence-corrected chi connectivity index (χ4v) is 2.82. The average molecular weight is 294 g/mol. The summed E-state index contributed by atoms with van der Waals surface area (Å²) in [4.78, 5) is 23.2. The molecule has 0 heterocycles. The first-order chi connectivity index (χ1) is 9.99. The van der Waals surface area contributed by atoms with E-state index in [0.29, 0.717) is 6.42 Å². The Bertz CT molecular complexity index is 548. The molecule has 1 aliphatic rings. The van der Waals surface area contributed by atoms with Gasteiger partial charge in [0.2, 0.25) is 0 Å². The molecule has 0 aliphatic heterocycles. The molecule has 0 aromatic heterocycles. The van der Waals surface area contributed by atoms with E-state index in [0.717, 1.165) is 25.3 Å². The molecule has 1 fully saturated rings. The number of hydrogen-bond acceptors (Lipinski definition) is 3. The van der Waals surface area contributed by atoms with Crippen LogP contribution >= 0.6 is 0 Å². The van der Waals surface area contributed by atoms with Gasteiger partial charge in [-0.05, 0) is 37.0 Å². The lowest BCUT2D eigenvalue weighted by atomic mass is 9.79. The maximum Gasteiger partial charge on any atom is 0.306 e. The van der Waals surface area contributed by atoms with Crippen LogP contribution in [-0.2, 0) is 4.79 Å². The monoisotopic (exact) mass is 294 g/mol. The predicted octanol–water partition coefficient (Wildman–Crippen LogP) is 2.03. The van der Waals surface area contributed by atoms with Crippen molar-refractivity contribution in [2.24, 2.45) is 11.8 Å². The molecule has 21 heavy (non-hydrogen) atoms. The molecule has 2 rings (SSSR count). The fourth-order valence-electron chi connectivity index (χ4n) is 2.82. The van der Waals surface area contributed by atoms with E-state index in [2.05, 4.69) is 5.32 Å². The summed E-state index contributed by atoms with van der Waals surface area (Å²) >= 11 is 0. The molecule has 0 radical (unpaired) electrons. The molecule has 2 atom stereocenters. The number of anilines is 1. The number of aliphatic carboxylic acids is 1. The van der Waals surface area contributed by atoms with Gasteiger partial charge < -0.3 is 16.2 Å². The van der Waals surface area contributed by atoms with Crippen molar-refractivity contribution in [2.45, 2.75) is 25.7 Å². The van der Waals surface area contributed by atoms with Gasteiger partial charge in [-0.3, -0.25) is 9.59 Å². The van der Waals surface area contributed by atoms with Crippen LogP contribution in [0.5, 0.6) is 0 Å². The van der Waals surface area contributed by atoms with Crippen LogP contribution in [0.2, 0.25) is 0 Å². The van der Waals surface area contributed by atoms with Gasteiger partial charge in [-0.25, -0.2) is 4.39 Å². The number of hydrogen-bond donors (Lipinski definition) is 3. The third-order valence-corrected chi connectivity index (χ3v) is 4.01. The number of nitrogen functional groups attached to an aromatic ring is 1. The van der Waals surface area contributed by atoms with Gasteiger partial charge >= 0.3 is 5.97 Å². The number of carboxylic acids is 1. The second-order valence-corrected chi connectivity index (χ2v) is 5.43. The maximum absolute atomic E-state index is 13.2. The highest BCUT2D eigenvalue weighted by Gasteiger charge is 2.30. The Morgan fingerprint density at radius 3 is 2.76 bits per heavy atom. The lowest BCUT2D eigenvalue weighted by molar-refractivity contribution is -0.144. The Kier molecular flexibility index (Phi) is 4.77. The molecule has 4 N–H and O–H groups in total. The van der Waals surface area contributed by atoms with Crippen molar-refractivity contribution in [3.05, 3.63) is 29.6 Å². The van der Waals surface area contributed by atoms with Gasteiger partial charge in [0, 0.05) is 12.2 Å². The average Bonchev–Trinajstić information content (AvgIpc) is 2.47. The van der Waals surface area contributed by atoms with Gasteiger partial charge in [0.15, 0.2) is 0 Å². The Labute approximate surface area is 122 Å². The predicted molar refractivity (Wildman–Crippen MR) is 76.2 cm³/mol. The second kappa shape index (κ2) is 6.56. The summed E-state index contributed by atoms with van der Waals surface area (Å²) in [6.07, 6.45) is 3.28. The number of benzene rings is 1. The zero-order chi connectivity index (χ0) is 15.4. The zero-order valence-electron chi connectivity index (χ0n) is 11.6. The van der Waals surface area contributed by atoms with Crippen molar-refractivity contribution >= 4 is 17.6 Å². The molecule has 0 spiro atoms. The fraction of sp³-hybridized carbons (Fsp3) is 0.467. The Hall–Kier alpha value is -2.11. The van der Waals surface area contributed by atoms with Crippen molar-refractivity contribution < 1.29 is 19.1 Å². The van der Waals surface area contributed by atoms with Crippen LogP contribution < -0.4 is 11.1 Å². The van der Waals surface area contributed by atoms with E-state index >= 15 is 0 Å². The first-order valence-electron chi connectivity index (χ1n) is 7.05. The lowest BCUT2D eigenvalue weighted by Gasteiger charge is -2.28. The van der Waals surface area contributed by atoms with Crippen molar-refractivity contribution in [3.63, 3.8) is 0 Å². The van der Waals surface area contributed by atoms with Gasteiger partial charge in [-0.2, -0.15) is 0 Å². The Morgan fingerprint density at radius 2 is 2.05 bits per heavy atom. The summed E-state index contributed by atoms with van der Waals surface area (Å²) < 4.78 is 13.2. The molecule has 114 valence electrons. The van der Waals surface area contributed by atoms with E-state index in [9.17, 15) is 19.1 Å². The van der Waals surface area contributed by atoms with Crippen molar-refractivity contribution in [1.29, 1.82) is 0 Å². The van der Waals surface area contributed by atoms with E-state index in [1.54, 1.807) is 0 Å². The van der Waals surface area contributed by atoms with Gasteiger partial charge in [-0.1, -0.05) is 12.8 Å². The Morgan fingerprint density at radius 1 is 1.33 bits per heavy atom. The van der Waals surface area contributed by atoms with Crippen LogP contribution in [0.15, 0.2) is 18.2 Å². The highest BCUT2D eigenvalue weighted by atomic mass is 19.1. The number of nitrogens with one attached hydrogen (secondary N) is 1. The first-order valence-corrected chi connectivity index (χ1v) is 7.05. The molecule has 1 saturated carbocycles. The Balaban J connectivity index is 1.99. The quantitative estimate of drug-likeness (QED) is 0.741. The van der Waals surface area contributed by atoms with E-state index < -0.39 is 23.6 Å². The molecular formula is C15H19FN2O3. The molecule has 1 aromatic carbocycles. The molecule has 0 saturated heterocycles. The van der Waals surface area contributed by atoms with Gasteiger partial charge in [0.1, 0.15) is 5.82 Å². The van der Waals surface area contributed by atoms with Crippen LogP contribution in [0.1, 0.15) is 36.0 Å². The summed E-state index contributed by atoms with van der Waals surface area (Å²) in [6, 6.07) is 3.61. The number of amides is 1. The topological polar surface area (TPSA) is 92.4 Å². The third-order valence-electron chi connectivity index (χ3n) is 4.01. The molecule has 5 nitrogen and oxygen atoms in total. The summed E-state index contributed by atoms with van der Waals surface area (Å²) in [7, 11) is 0. The summed E-state index contributed by atoms with van der Waals surface area (Å²) in [5.41, 5.74) is 5.94. The SMILES string of the molecule is Nc1ccc(F)cc1C(=O)NCC1CCCCC1C(=O)O. The van der Waals surface area contributed by atoms with Gasteiger partial charge in [-0.15, -0.1) is 0 Å². The molecule has 1 amide bonds. The maximum atomic E-state index is 13.2. The van der Waals surface area contributed by atoms with E-state index in [4.69, 9.17) is 5.73 Å². The first kappa shape index (κ1) is 15.3. The summed E-state index contributed by atoms with van der Waals surface area (Å²) in [5, 5.41) is 11.9. The van der Waals surface area contributed by atoms with Crippen LogP contribution in [0.3, 0.4) is 0 Å². The minimum Gasteiger partial charge on any atom is -0.481 e. The lowest BCUT2D eigenvalue weighted by Crippen LogP contribution is -2.37. The summed E-state index contributed by atoms with van der Waals surface area (Å²) in [5.74, 6) is -2.34. The number of carbonyl (C=O) groups excluding carboxylic acids is 1. The van der Waals surface area contributed by atoms with E-state index in [1.165, 1.54) is 12.1 Å². The number of rotatable bonds is 4. The van der Waals surface area contributed by atoms with E-state index in [1.807, 2.05) is 0 Å². The largest absolute Gasteiger partial charge is 0.481 e. The standard InChI is InChI=1S/C15H19FN2O3/c16-10-5-6-13(17)12(7-10)14(19)18-8-9-3-1-2-4-11(9)15(20)21/h5-7,9,11H,1-4,8,17H2,(H,18,19)(H,20,21).